The number of carbonyl (C=O) groups excluding carboxylic acids is 1. The first-order valence-corrected chi connectivity index (χ1v) is 7.77. The standard InChI is InChI=1S/C18H21N3O/c1-13-4-6-16(7-5-13)21-18(22)17-11-14(8-10-20-17)15-3-2-9-19-12-15/h4-8,10-11,15,19H,2-3,9,12H2,1H3,(H,21,22)/t15-/m1/s1. The van der Waals surface area contributed by atoms with Crippen LogP contribution in [0.1, 0.15) is 40.4 Å². The smallest absolute Gasteiger partial charge is 0.274 e. The predicted molar refractivity (Wildman–Crippen MR) is 88.2 cm³/mol. The molecule has 1 atom stereocenters. The summed E-state index contributed by atoms with van der Waals surface area (Å²) in [5, 5.41) is 6.30. The van der Waals surface area contributed by atoms with Crippen LogP contribution in [0.4, 0.5) is 5.69 Å². The van der Waals surface area contributed by atoms with E-state index < -0.39 is 0 Å². The number of hydrogen-bond acceptors (Lipinski definition) is 3. The largest absolute Gasteiger partial charge is 0.321 e. The molecule has 0 radical (unpaired) electrons. The molecule has 0 saturated carbocycles. The number of piperidine rings is 1. The number of aryl methyl sites for hydroxylation is 1. The van der Waals surface area contributed by atoms with Crippen LogP contribution >= 0.6 is 0 Å². The van der Waals surface area contributed by atoms with Crippen LogP contribution < -0.4 is 10.6 Å². The highest BCUT2D eigenvalue weighted by atomic mass is 16.1. The number of nitrogens with zero attached hydrogens (tertiary/aromatic N) is 1. The SMILES string of the molecule is Cc1ccc(NC(=O)c2cc([C@@H]3CCCNC3)ccn2)cc1. The van der Waals surface area contributed by atoms with Crippen molar-refractivity contribution in [3.63, 3.8) is 0 Å². The molecule has 2 heterocycles. The van der Waals surface area contributed by atoms with Crippen LogP contribution in [0.2, 0.25) is 0 Å². The second-order valence-corrected chi connectivity index (χ2v) is 5.84. The number of carbonyl (C=O) groups is 1. The molecule has 1 aliphatic heterocycles. The van der Waals surface area contributed by atoms with E-state index in [-0.39, 0.29) is 5.91 Å². The zero-order valence-corrected chi connectivity index (χ0v) is 12.8. The van der Waals surface area contributed by atoms with Crippen molar-refractivity contribution in [3.05, 3.63) is 59.4 Å². The van der Waals surface area contributed by atoms with E-state index in [0.717, 1.165) is 25.2 Å². The van der Waals surface area contributed by atoms with E-state index in [4.69, 9.17) is 0 Å². The Labute approximate surface area is 131 Å². The van der Waals surface area contributed by atoms with Gasteiger partial charge in [-0.15, -0.1) is 0 Å². The Kier molecular flexibility index (Phi) is 4.49. The van der Waals surface area contributed by atoms with E-state index in [1.165, 1.54) is 17.5 Å². The minimum atomic E-state index is -0.158. The maximum atomic E-state index is 12.3. The first kappa shape index (κ1) is 14.7. The third-order valence-electron chi connectivity index (χ3n) is 4.09. The van der Waals surface area contributed by atoms with Gasteiger partial charge in [-0.2, -0.15) is 0 Å². The summed E-state index contributed by atoms with van der Waals surface area (Å²) in [6.07, 6.45) is 4.07. The highest BCUT2D eigenvalue weighted by Gasteiger charge is 2.17. The van der Waals surface area contributed by atoms with Crippen LogP contribution in [0.15, 0.2) is 42.6 Å². The van der Waals surface area contributed by atoms with Gasteiger partial charge < -0.3 is 10.6 Å². The second-order valence-electron chi connectivity index (χ2n) is 5.84. The Morgan fingerprint density at radius 3 is 2.82 bits per heavy atom. The zero-order chi connectivity index (χ0) is 15.4. The fourth-order valence-electron chi connectivity index (χ4n) is 2.79. The topological polar surface area (TPSA) is 54.0 Å². The van der Waals surface area contributed by atoms with Crippen molar-refractivity contribution in [2.45, 2.75) is 25.7 Å². The van der Waals surface area contributed by atoms with Gasteiger partial charge in [0.15, 0.2) is 0 Å². The molecule has 4 heteroatoms. The Balaban J connectivity index is 1.73. The van der Waals surface area contributed by atoms with Gasteiger partial charge in [0.1, 0.15) is 5.69 Å². The van der Waals surface area contributed by atoms with Crippen molar-refractivity contribution in [3.8, 4) is 0 Å². The van der Waals surface area contributed by atoms with Gasteiger partial charge >= 0.3 is 0 Å². The lowest BCUT2D eigenvalue weighted by Crippen LogP contribution is -2.28. The Hall–Kier alpha value is -2.20. The van der Waals surface area contributed by atoms with Gasteiger partial charge in [0.25, 0.3) is 5.91 Å². The van der Waals surface area contributed by atoms with Gasteiger partial charge in [0, 0.05) is 18.4 Å². The van der Waals surface area contributed by atoms with Crippen LogP contribution in [0.25, 0.3) is 0 Å². The van der Waals surface area contributed by atoms with E-state index in [1.54, 1.807) is 6.20 Å². The lowest BCUT2D eigenvalue weighted by molar-refractivity contribution is 0.102. The summed E-state index contributed by atoms with van der Waals surface area (Å²) in [5.41, 5.74) is 3.63. The molecule has 0 unspecified atom stereocenters. The molecule has 4 nitrogen and oxygen atoms in total. The van der Waals surface area contributed by atoms with Crippen LogP contribution in [-0.4, -0.2) is 24.0 Å². The molecule has 2 aromatic rings. The predicted octanol–water partition coefficient (Wildman–Crippen LogP) is 3.11. The van der Waals surface area contributed by atoms with E-state index in [1.807, 2.05) is 43.3 Å². The first-order chi connectivity index (χ1) is 10.7. The van der Waals surface area contributed by atoms with Crippen LogP contribution in [0.3, 0.4) is 0 Å². The normalized spacial score (nSPS) is 18.0. The fraction of sp³-hybridized carbons (Fsp3) is 0.333. The lowest BCUT2D eigenvalue weighted by atomic mass is 9.92. The Bertz CT molecular complexity index is 646. The van der Waals surface area contributed by atoms with Gasteiger partial charge in [0.05, 0.1) is 0 Å². The molecule has 1 aliphatic rings. The zero-order valence-electron chi connectivity index (χ0n) is 12.8. The van der Waals surface area contributed by atoms with Gasteiger partial charge in [-0.05, 0) is 62.1 Å². The number of anilines is 1. The first-order valence-electron chi connectivity index (χ1n) is 7.77. The van der Waals surface area contributed by atoms with Crippen LogP contribution in [0.5, 0.6) is 0 Å². The fourth-order valence-corrected chi connectivity index (χ4v) is 2.79. The number of benzene rings is 1. The summed E-state index contributed by atoms with van der Waals surface area (Å²) >= 11 is 0. The summed E-state index contributed by atoms with van der Waals surface area (Å²) in [5.74, 6) is 0.317. The average Bonchev–Trinajstić information content (AvgIpc) is 2.58. The van der Waals surface area contributed by atoms with Crippen molar-refractivity contribution in [1.82, 2.24) is 10.3 Å². The maximum absolute atomic E-state index is 12.3. The molecule has 1 aromatic heterocycles. The number of pyridine rings is 1. The van der Waals surface area contributed by atoms with Crippen LogP contribution in [0, 0.1) is 6.92 Å². The van der Waals surface area contributed by atoms with Gasteiger partial charge in [0.2, 0.25) is 0 Å². The second kappa shape index (κ2) is 6.71. The molecule has 0 bridgehead atoms. The molecule has 0 aliphatic carbocycles. The Morgan fingerprint density at radius 2 is 2.09 bits per heavy atom. The van der Waals surface area contributed by atoms with Crippen molar-refractivity contribution >= 4 is 11.6 Å². The van der Waals surface area contributed by atoms with E-state index in [2.05, 4.69) is 15.6 Å². The number of rotatable bonds is 3. The molecule has 2 N–H and O–H groups in total. The van der Waals surface area contributed by atoms with Crippen LogP contribution in [-0.2, 0) is 0 Å². The third-order valence-corrected chi connectivity index (χ3v) is 4.09. The molecule has 3 rings (SSSR count). The number of aromatic nitrogens is 1. The third kappa shape index (κ3) is 3.52. The summed E-state index contributed by atoms with van der Waals surface area (Å²) < 4.78 is 0. The summed E-state index contributed by atoms with van der Waals surface area (Å²) in [6, 6.07) is 11.7. The number of hydrogen-bond donors (Lipinski definition) is 2. The van der Waals surface area contributed by atoms with E-state index in [9.17, 15) is 4.79 Å². The minimum absolute atomic E-state index is 0.158. The quantitative estimate of drug-likeness (QED) is 0.915. The van der Waals surface area contributed by atoms with Gasteiger partial charge in [-0.25, -0.2) is 0 Å². The minimum Gasteiger partial charge on any atom is -0.321 e. The highest BCUT2D eigenvalue weighted by Crippen LogP contribution is 2.23. The Morgan fingerprint density at radius 1 is 1.27 bits per heavy atom. The van der Waals surface area contributed by atoms with E-state index in [0.29, 0.717) is 11.6 Å². The number of amides is 1. The maximum Gasteiger partial charge on any atom is 0.274 e. The van der Waals surface area contributed by atoms with Crippen molar-refractivity contribution in [2.24, 2.45) is 0 Å². The summed E-state index contributed by atoms with van der Waals surface area (Å²) in [4.78, 5) is 16.6. The molecule has 1 aromatic carbocycles. The molecular formula is C18H21N3O. The monoisotopic (exact) mass is 295 g/mol. The molecule has 1 fully saturated rings. The van der Waals surface area contributed by atoms with Crippen molar-refractivity contribution < 1.29 is 4.79 Å². The average molecular weight is 295 g/mol. The molecule has 1 amide bonds. The highest BCUT2D eigenvalue weighted by molar-refractivity contribution is 6.02. The molecular weight excluding hydrogens is 274 g/mol. The van der Waals surface area contributed by atoms with Gasteiger partial charge in [-0.1, -0.05) is 17.7 Å². The van der Waals surface area contributed by atoms with Gasteiger partial charge in [-0.3, -0.25) is 9.78 Å². The van der Waals surface area contributed by atoms with E-state index >= 15 is 0 Å². The van der Waals surface area contributed by atoms with Crippen molar-refractivity contribution in [2.75, 3.05) is 18.4 Å². The molecule has 114 valence electrons. The molecule has 1 saturated heterocycles. The summed E-state index contributed by atoms with van der Waals surface area (Å²) in [7, 11) is 0. The number of nitrogens with one attached hydrogen (secondary N) is 2. The molecule has 22 heavy (non-hydrogen) atoms. The molecule has 0 spiro atoms. The lowest BCUT2D eigenvalue weighted by Gasteiger charge is -2.23. The van der Waals surface area contributed by atoms with Crippen molar-refractivity contribution in [1.29, 1.82) is 0 Å². The summed E-state index contributed by atoms with van der Waals surface area (Å²) in [6.45, 7) is 4.08.